The SMILES string of the molecule is COc1ccc(CC2(CNC(C)(C)C)CCOC2)cc1Br. The summed E-state index contributed by atoms with van der Waals surface area (Å²) in [7, 11) is 1.69. The monoisotopic (exact) mass is 355 g/mol. The number of hydrogen-bond donors (Lipinski definition) is 1. The molecule has 118 valence electrons. The smallest absolute Gasteiger partial charge is 0.133 e. The highest BCUT2D eigenvalue weighted by Crippen LogP contribution is 2.35. The van der Waals surface area contributed by atoms with Crippen LogP contribution < -0.4 is 10.1 Å². The molecule has 1 aromatic carbocycles. The summed E-state index contributed by atoms with van der Waals surface area (Å²) in [5, 5.41) is 3.65. The third-order valence-electron chi connectivity index (χ3n) is 3.97. The Labute approximate surface area is 136 Å². The maximum Gasteiger partial charge on any atom is 0.133 e. The summed E-state index contributed by atoms with van der Waals surface area (Å²) in [6.07, 6.45) is 2.14. The molecule has 3 nitrogen and oxygen atoms in total. The van der Waals surface area contributed by atoms with Crippen LogP contribution in [0.25, 0.3) is 0 Å². The standard InChI is InChI=1S/C17H26BrNO2/c1-16(2,3)19-11-17(7-8-21-12-17)10-13-5-6-15(20-4)14(18)9-13/h5-6,9,19H,7-8,10-12H2,1-4H3. The lowest BCUT2D eigenvalue weighted by atomic mass is 9.80. The third kappa shape index (κ3) is 4.70. The van der Waals surface area contributed by atoms with Gasteiger partial charge in [0.1, 0.15) is 5.75 Å². The lowest BCUT2D eigenvalue weighted by molar-refractivity contribution is 0.144. The second-order valence-corrected chi connectivity index (χ2v) is 7.91. The second kappa shape index (κ2) is 6.67. The van der Waals surface area contributed by atoms with Crippen LogP contribution in [0.1, 0.15) is 32.8 Å². The lowest BCUT2D eigenvalue weighted by Gasteiger charge is -2.32. The van der Waals surface area contributed by atoms with Crippen molar-refractivity contribution in [2.45, 2.75) is 39.2 Å². The summed E-state index contributed by atoms with van der Waals surface area (Å²) in [5.74, 6) is 0.878. The Bertz CT molecular complexity index is 476. The van der Waals surface area contributed by atoms with E-state index in [2.05, 4.69) is 54.2 Å². The number of nitrogens with one attached hydrogen (secondary N) is 1. The van der Waals surface area contributed by atoms with Crippen molar-refractivity contribution < 1.29 is 9.47 Å². The van der Waals surface area contributed by atoms with Gasteiger partial charge in [-0.15, -0.1) is 0 Å². The number of hydrogen-bond acceptors (Lipinski definition) is 3. The first-order chi connectivity index (χ1) is 9.84. The maximum absolute atomic E-state index is 5.70. The van der Waals surface area contributed by atoms with E-state index < -0.39 is 0 Å². The minimum atomic E-state index is 0.135. The molecule has 0 aromatic heterocycles. The number of rotatable bonds is 5. The molecule has 1 N–H and O–H groups in total. The average molecular weight is 356 g/mol. The molecule has 21 heavy (non-hydrogen) atoms. The zero-order valence-corrected chi connectivity index (χ0v) is 15.0. The fourth-order valence-corrected chi connectivity index (χ4v) is 3.28. The van der Waals surface area contributed by atoms with Crippen molar-refractivity contribution in [2.75, 3.05) is 26.9 Å². The topological polar surface area (TPSA) is 30.5 Å². The molecule has 0 bridgehead atoms. The molecular weight excluding hydrogens is 330 g/mol. The molecule has 0 radical (unpaired) electrons. The number of methoxy groups -OCH3 is 1. The minimum absolute atomic E-state index is 0.135. The lowest BCUT2D eigenvalue weighted by Crippen LogP contribution is -2.45. The van der Waals surface area contributed by atoms with E-state index >= 15 is 0 Å². The zero-order valence-electron chi connectivity index (χ0n) is 13.5. The van der Waals surface area contributed by atoms with Gasteiger partial charge in [-0.25, -0.2) is 0 Å². The molecule has 1 aliphatic heterocycles. The molecule has 0 saturated carbocycles. The van der Waals surface area contributed by atoms with E-state index in [0.717, 1.165) is 42.8 Å². The van der Waals surface area contributed by atoms with E-state index in [-0.39, 0.29) is 11.0 Å². The van der Waals surface area contributed by atoms with Gasteiger partial charge in [-0.05, 0) is 67.2 Å². The van der Waals surface area contributed by atoms with E-state index in [1.165, 1.54) is 5.56 Å². The first-order valence-electron chi connectivity index (χ1n) is 7.49. The van der Waals surface area contributed by atoms with E-state index in [4.69, 9.17) is 9.47 Å². The van der Waals surface area contributed by atoms with Crippen LogP contribution in [0.4, 0.5) is 0 Å². The zero-order chi connectivity index (χ0) is 15.5. The Balaban J connectivity index is 2.10. The largest absolute Gasteiger partial charge is 0.496 e. The number of benzene rings is 1. The van der Waals surface area contributed by atoms with Gasteiger partial charge in [0.25, 0.3) is 0 Å². The first-order valence-corrected chi connectivity index (χ1v) is 8.28. The van der Waals surface area contributed by atoms with Crippen molar-refractivity contribution in [3.8, 4) is 5.75 Å². The van der Waals surface area contributed by atoms with E-state index in [0.29, 0.717) is 0 Å². The van der Waals surface area contributed by atoms with Crippen molar-refractivity contribution in [1.29, 1.82) is 0 Å². The maximum atomic E-state index is 5.70. The number of halogens is 1. The first kappa shape index (κ1) is 16.8. The van der Waals surface area contributed by atoms with Gasteiger partial charge in [-0.3, -0.25) is 0 Å². The van der Waals surface area contributed by atoms with Crippen LogP contribution in [0.5, 0.6) is 5.75 Å². The molecule has 1 aliphatic rings. The van der Waals surface area contributed by atoms with Gasteiger partial charge in [-0.1, -0.05) is 6.07 Å². The highest BCUT2D eigenvalue weighted by Gasteiger charge is 2.35. The van der Waals surface area contributed by atoms with Crippen molar-refractivity contribution >= 4 is 15.9 Å². The molecule has 0 amide bonds. The molecule has 1 aromatic rings. The minimum Gasteiger partial charge on any atom is -0.496 e. The molecule has 1 atom stereocenters. The van der Waals surface area contributed by atoms with E-state index in [1.807, 2.05) is 6.07 Å². The van der Waals surface area contributed by atoms with Gasteiger partial charge >= 0.3 is 0 Å². The van der Waals surface area contributed by atoms with Crippen LogP contribution in [0.2, 0.25) is 0 Å². The van der Waals surface area contributed by atoms with Crippen LogP contribution in [0.15, 0.2) is 22.7 Å². The molecule has 4 heteroatoms. The summed E-state index contributed by atoms with van der Waals surface area (Å²) >= 11 is 3.57. The van der Waals surface area contributed by atoms with Gasteiger partial charge in [-0.2, -0.15) is 0 Å². The van der Waals surface area contributed by atoms with E-state index in [9.17, 15) is 0 Å². The van der Waals surface area contributed by atoms with Crippen LogP contribution in [-0.2, 0) is 11.2 Å². The Morgan fingerprint density at radius 1 is 1.38 bits per heavy atom. The van der Waals surface area contributed by atoms with E-state index in [1.54, 1.807) is 7.11 Å². The summed E-state index contributed by atoms with van der Waals surface area (Å²) in [6.45, 7) is 9.31. The number of ether oxygens (including phenoxy) is 2. The fourth-order valence-electron chi connectivity index (χ4n) is 2.70. The highest BCUT2D eigenvalue weighted by molar-refractivity contribution is 9.10. The Morgan fingerprint density at radius 2 is 2.14 bits per heavy atom. The Hall–Kier alpha value is -0.580. The normalized spacial score (nSPS) is 22.5. The predicted molar refractivity (Wildman–Crippen MR) is 90.0 cm³/mol. The molecular formula is C17H26BrNO2. The molecule has 1 unspecified atom stereocenters. The molecule has 2 rings (SSSR count). The summed E-state index contributed by atoms with van der Waals surface area (Å²) in [6, 6.07) is 6.34. The van der Waals surface area contributed by atoms with Gasteiger partial charge < -0.3 is 14.8 Å². The van der Waals surface area contributed by atoms with Gasteiger partial charge in [0.05, 0.1) is 18.2 Å². The van der Waals surface area contributed by atoms with Crippen LogP contribution in [0.3, 0.4) is 0 Å². The predicted octanol–water partition coefficient (Wildman–Crippen LogP) is 3.80. The summed E-state index contributed by atoms with van der Waals surface area (Å²) in [4.78, 5) is 0. The molecule has 0 spiro atoms. The van der Waals surface area contributed by atoms with Crippen molar-refractivity contribution in [2.24, 2.45) is 5.41 Å². The third-order valence-corrected chi connectivity index (χ3v) is 4.59. The molecule has 1 fully saturated rings. The van der Waals surface area contributed by atoms with Crippen LogP contribution in [-0.4, -0.2) is 32.4 Å². The Kier molecular flexibility index (Phi) is 5.33. The quantitative estimate of drug-likeness (QED) is 0.871. The average Bonchev–Trinajstić information content (AvgIpc) is 2.85. The van der Waals surface area contributed by atoms with Crippen LogP contribution >= 0.6 is 15.9 Å². The molecule has 1 heterocycles. The van der Waals surface area contributed by atoms with Crippen molar-refractivity contribution in [3.05, 3.63) is 28.2 Å². The summed E-state index contributed by atoms with van der Waals surface area (Å²) < 4.78 is 12.0. The van der Waals surface area contributed by atoms with Gasteiger partial charge in [0.2, 0.25) is 0 Å². The van der Waals surface area contributed by atoms with Crippen molar-refractivity contribution in [1.82, 2.24) is 5.32 Å². The van der Waals surface area contributed by atoms with Gasteiger partial charge in [0, 0.05) is 24.1 Å². The van der Waals surface area contributed by atoms with Gasteiger partial charge in [0.15, 0.2) is 0 Å². The fraction of sp³-hybridized carbons (Fsp3) is 0.647. The van der Waals surface area contributed by atoms with Crippen molar-refractivity contribution in [3.63, 3.8) is 0 Å². The molecule has 1 saturated heterocycles. The Morgan fingerprint density at radius 3 is 2.67 bits per heavy atom. The molecule has 0 aliphatic carbocycles. The van der Waals surface area contributed by atoms with Crippen LogP contribution in [0, 0.1) is 5.41 Å². The highest BCUT2D eigenvalue weighted by atomic mass is 79.9. The second-order valence-electron chi connectivity index (χ2n) is 7.05. The summed E-state index contributed by atoms with van der Waals surface area (Å²) in [5.41, 5.74) is 1.65.